The number of hydrogen-bond donors (Lipinski definition) is 4. The molecular formula is C50H59FN8O7S. The lowest BCUT2D eigenvalue weighted by Crippen LogP contribution is -2.63. The summed E-state index contributed by atoms with van der Waals surface area (Å²) in [4.78, 5) is 41.2. The zero-order valence-electron chi connectivity index (χ0n) is 38.3. The molecule has 2 aliphatic heterocycles. The highest BCUT2D eigenvalue weighted by molar-refractivity contribution is 7.90. The number of likely N-dealkylation sites (tertiary alicyclic amines) is 1. The maximum Gasteiger partial charge on any atom is 0.312 e. The van der Waals surface area contributed by atoms with Gasteiger partial charge in [-0.3, -0.25) is 19.8 Å². The Hall–Kier alpha value is -5.91. The first-order valence-corrected chi connectivity index (χ1v) is 24.9. The summed E-state index contributed by atoms with van der Waals surface area (Å²) in [6.45, 7) is 14.2. The standard InChI is InChI=1S/C50H59FN8O7S/c1-5-41-45(25-39-40(51)28-54-46(39)55-41)66-44-23-33(57-21-19-50(20-22-57)29-58(30-50)42-12-8-11-37(42)36-10-7-6-9-35(36)31(2)3)13-14-38(44)48(60)56-67(64,65)34-24-43(59(62)63)47(53-27-34)52-26-32-15-17-49(4,61)18-16-32/h5-7,9-10,13-14,23-25,27-28,31-32,37,42,61H,1,8,11-12,15-22,26,29-30H2,2-4H3,(H,52,53)(H,54,55)(H,56,60)/t32-,37-,42-,49-/m1/s1. The van der Waals surface area contributed by atoms with Crippen molar-refractivity contribution in [1.82, 2.24) is 24.6 Å². The molecule has 2 aliphatic carbocycles. The average Bonchev–Trinajstić information content (AvgIpc) is 3.93. The third-order valence-corrected chi connectivity index (χ3v) is 16.1. The molecule has 1 spiro atoms. The highest BCUT2D eigenvalue weighted by Crippen LogP contribution is 2.49. The van der Waals surface area contributed by atoms with Crippen LogP contribution in [-0.4, -0.2) is 88.6 Å². The third kappa shape index (κ3) is 9.50. The molecule has 2 aromatic carbocycles. The van der Waals surface area contributed by atoms with Gasteiger partial charge < -0.3 is 25.0 Å². The first kappa shape index (κ1) is 46.2. The number of nitrogens with one attached hydrogen (secondary N) is 3. The lowest BCUT2D eigenvalue weighted by Gasteiger charge is -2.57. The van der Waals surface area contributed by atoms with Gasteiger partial charge in [0, 0.05) is 62.8 Å². The van der Waals surface area contributed by atoms with Gasteiger partial charge in [-0.2, -0.15) is 0 Å². The van der Waals surface area contributed by atoms with Crippen molar-refractivity contribution in [2.24, 2.45) is 11.3 Å². The lowest BCUT2D eigenvalue weighted by molar-refractivity contribution is -0.384. The summed E-state index contributed by atoms with van der Waals surface area (Å²) in [5.74, 6) is -0.488. The lowest BCUT2D eigenvalue weighted by atomic mass is 9.70. The molecule has 5 heterocycles. The van der Waals surface area contributed by atoms with Crippen molar-refractivity contribution in [2.75, 3.05) is 42.9 Å². The molecule has 67 heavy (non-hydrogen) atoms. The van der Waals surface area contributed by atoms with Crippen LogP contribution in [0.2, 0.25) is 0 Å². The van der Waals surface area contributed by atoms with Crippen molar-refractivity contribution in [1.29, 1.82) is 0 Å². The van der Waals surface area contributed by atoms with E-state index in [0.717, 1.165) is 69.8 Å². The zero-order chi connectivity index (χ0) is 47.3. The molecule has 2 saturated heterocycles. The van der Waals surface area contributed by atoms with Gasteiger partial charge in [0.05, 0.1) is 27.7 Å². The van der Waals surface area contributed by atoms with E-state index in [1.165, 1.54) is 54.8 Å². The number of nitrogens with zero attached hydrogens (tertiary/aromatic N) is 5. The van der Waals surface area contributed by atoms with Gasteiger partial charge in [0.15, 0.2) is 5.75 Å². The molecule has 3 aromatic heterocycles. The number of fused-ring (bicyclic) bond motifs is 1. The quantitative estimate of drug-likeness (QED) is 0.0610. The maximum atomic E-state index is 14.8. The Morgan fingerprint density at radius 2 is 1.82 bits per heavy atom. The number of aromatic nitrogens is 3. The van der Waals surface area contributed by atoms with Gasteiger partial charge in [0.1, 0.15) is 27.8 Å². The summed E-state index contributed by atoms with van der Waals surface area (Å²) in [6, 6.07) is 16.7. The number of piperidine rings is 1. The topological polar surface area (TPSA) is 196 Å². The van der Waals surface area contributed by atoms with Crippen LogP contribution in [0.4, 0.5) is 21.6 Å². The number of H-pyrrole nitrogens is 1. The number of ether oxygens (including phenoxy) is 1. The van der Waals surface area contributed by atoms with E-state index >= 15 is 0 Å². The zero-order valence-corrected chi connectivity index (χ0v) is 39.1. The van der Waals surface area contributed by atoms with E-state index in [2.05, 4.69) is 79.5 Å². The van der Waals surface area contributed by atoms with Crippen LogP contribution >= 0.6 is 0 Å². The van der Waals surface area contributed by atoms with Gasteiger partial charge >= 0.3 is 5.69 Å². The maximum absolute atomic E-state index is 14.8. The van der Waals surface area contributed by atoms with E-state index in [1.54, 1.807) is 19.1 Å². The number of benzene rings is 2. The van der Waals surface area contributed by atoms with Gasteiger partial charge in [0.2, 0.25) is 5.82 Å². The molecule has 2 atom stereocenters. The minimum absolute atomic E-state index is 0.0117. The number of pyridine rings is 2. The number of anilines is 2. The van der Waals surface area contributed by atoms with Crippen LogP contribution in [0.3, 0.4) is 0 Å². The van der Waals surface area contributed by atoms with Crippen LogP contribution in [0, 0.1) is 27.3 Å². The monoisotopic (exact) mass is 934 g/mol. The number of hydrogen-bond acceptors (Lipinski definition) is 12. The van der Waals surface area contributed by atoms with Crippen LogP contribution in [-0.2, 0) is 10.0 Å². The van der Waals surface area contributed by atoms with Gasteiger partial charge in [-0.05, 0) is 117 Å². The Morgan fingerprint density at radius 3 is 2.54 bits per heavy atom. The van der Waals surface area contributed by atoms with Gasteiger partial charge in [-0.25, -0.2) is 27.5 Å². The van der Waals surface area contributed by atoms with Crippen LogP contribution in [0.1, 0.15) is 118 Å². The number of sulfonamides is 1. The molecule has 4 fully saturated rings. The predicted octanol–water partition coefficient (Wildman–Crippen LogP) is 9.27. The SMILES string of the molecule is C=Cc1nc2[nH]cc(F)c2cc1Oc1cc(N2CCC3(CC2)CN([C@@H]2CCC[C@@H]2c2ccccc2C(C)C)C3)ccc1C(=O)NS(=O)(=O)c1cnc(NC[C@H]2CC[C@](C)(O)CC2)c([N+](=O)[O-])c1. The molecule has 1 amide bonds. The molecule has 2 saturated carbocycles. The van der Waals surface area contributed by atoms with E-state index in [-0.39, 0.29) is 50.9 Å². The van der Waals surface area contributed by atoms with Crippen LogP contribution in [0.5, 0.6) is 11.5 Å². The predicted molar refractivity (Wildman–Crippen MR) is 256 cm³/mol. The summed E-state index contributed by atoms with van der Waals surface area (Å²) >= 11 is 0. The Balaban J connectivity index is 0.928. The Kier molecular flexibility index (Phi) is 12.6. The molecule has 4 aliphatic rings. The molecule has 15 nitrogen and oxygen atoms in total. The molecule has 354 valence electrons. The number of carbonyl (C=O) groups is 1. The number of carbonyl (C=O) groups excluding carboxylic acids is 1. The fourth-order valence-electron chi connectivity index (χ4n) is 10.9. The Morgan fingerprint density at radius 1 is 1.07 bits per heavy atom. The minimum atomic E-state index is -4.71. The first-order chi connectivity index (χ1) is 32.0. The molecule has 9 rings (SSSR count). The van der Waals surface area contributed by atoms with Crippen molar-refractivity contribution in [2.45, 2.75) is 107 Å². The minimum Gasteiger partial charge on any atom is -0.454 e. The number of nitro groups is 1. The van der Waals surface area contributed by atoms with Crippen molar-refractivity contribution >= 4 is 50.2 Å². The Labute approximate surface area is 390 Å². The molecule has 4 N–H and O–H groups in total. The summed E-state index contributed by atoms with van der Waals surface area (Å²) in [6.07, 6.45) is 11.8. The fraction of sp³-hybridized carbons (Fsp3) is 0.460. The second-order valence-corrected chi connectivity index (χ2v) is 21.4. The van der Waals surface area contributed by atoms with E-state index in [1.807, 2.05) is 0 Å². The van der Waals surface area contributed by atoms with Crippen LogP contribution in [0.15, 0.2) is 78.5 Å². The van der Waals surface area contributed by atoms with Gasteiger partial charge in [-0.1, -0.05) is 51.1 Å². The summed E-state index contributed by atoms with van der Waals surface area (Å²) in [7, 11) is -4.71. The second kappa shape index (κ2) is 18.3. The van der Waals surface area contributed by atoms with Gasteiger partial charge in [-0.15, -0.1) is 0 Å². The normalized spacial score (nSPS) is 23.0. The van der Waals surface area contributed by atoms with Crippen molar-refractivity contribution in [3.8, 4) is 11.5 Å². The van der Waals surface area contributed by atoms with E-state index in [4.69, 9.17) is 4.74 Å². The largest absolute Gasteiger partial charge is 0.454 e. The number of halogens is 1. The van der Waals surface area contributed by atoms with Crippen molar-refractivity contribution < 1.29 is 32.4 Å². The number of aromatic amines is 1. The average molecular weight is 935 g/mol. The summed E-state index contributed by atoms with van der Waals surface area (Å²) in [5.41, 5.74) is 2.98. The first-order valence-electron chi connectivity index (χ1n) is 23.4. The number of amides is 1. The molecule has 0 unspecified atom stereocenters. The summed E-state index contributed by atoms with van der Waals surface area (Å²) < 4.78 is 50.8. The van der Waals surface area contributed by atoms with E-state index in [9.17, 15) is 32.8 Å². The van der Waals surface area contributed by atoms with Crippen LogP contribution < -0.4 is 19.7 Å². The fourth-order valence-corrected chi connectivity index (χ4v) is 11.8. The molecular weight excluding hydrogens is 876 g/mol. The molecule has 5 aromatic rings. The molecule has 0 radical (unpaired) electrons. The Bertz CT molecular complexity index is 2810. The van der Waals surface area contributed by atoms with Crippen molar-refractivity contribution in [3.05, 3.63) is 112 Å². The molecule has 0 bridgehead atoms. The van der Waals surface area contributed by atoms with Crippen LogP contribution in [0.25, 0.3) is 17.1 Å². The molecule has 17 heteroatoms. The van der Waals surface area contributed by atoms with Crippen molar-refractivity contribution in [3.63, 3.8) is 0 Å². The summed E-state index contributed by atoms with van der Waals surface area (Å²) in [5, 5.41) is 25.6. The smallest absolute Gasteiger partial charge is 0.312 e. The number of rotatable bonds is 14. The van der Waals surface area contributed by atoms with Gasteiger partial charge in [0.25, 0.3) is 15.9 Å². The second-order valence-electron chi connectivity index (χ2n) is 19.7. The van der Waals surface area contributed by atoms with E-state index < -0.39 is 42.9 Å². The highest BCUT2D eigenvalue weighted by atomic mass is 32.2. The number of aliphatic hydroxyl groups is 1. The highest BCUT2D eigenvalue weighted by Gasteiger charge is 2.49. The third-order valence-electron chi connectivity index (χ3n) is 14.8. The van der Waals surface area contributed by atoms with E-state index in [0.29, 0.717) is 37.3 Å².